The quantitative estimate of drug-likeness (QED) is 0.378. The molecule has 0 radical (unpaired) electrons. The highest BCUT2D eigenvalue weighted by molar-refractivity contribution is 5.33. The monoisotopic (exact) mass is 478 g/mol. The van der Waals surface area contributed by atoms with Crippen LogP contribution >= 0.6 is 0 Å². The second-order valence-corrected chi connectivity index (χ2v) is 9.89. The molecule has 0 amide bonds. The Morgan fingerprint density at radius 2 is 1.24 bits per heavy atom. The van der Waals surface area contributed by atoms with Crippen molar-refractivity contribution in [1.29, 1.82) is 0 Å². The van der Waals surface area contributed by atoms with Crippen LogP contribution in [0.2, 0.25) is 0 Å². The summed E-state index contributed by atoms with van der Waals surface area (Å²) in [5.74, 6) is -2.86. The Morgan fingerprint density at radius 1 is 0.676 bits per heavy atom. The third kappa shape index (κ3) is 5.27. The second-order valence-electron chi connectivity index (χ2n) is 9.89. The van der Waals surface area contributed by atoms with Gasteiger partial charge in [0.2, 0.25) is 5.82 Å². The molecule has 2 nitrogen and oxygen atoms in total. The smallest absolute Gasteiger partial charge is 0.200 e. The van der Waals surface area contributed by atoms with Crippen molar-refractivity contribution >= 4 is 0 Å². The third-order valence-electron chi connectivity index (χ3n) is 8.04. The van der Waals surface area contributed by atoms with Gasteiger partial charge in [0.15, 0.2) is 23.2 Å². The van der Waals surface area contributed by atoms with Crippen molar-refractivity contribution in [3.63, 3.8) is 0 Å². The summed E-state index contributed by atoms with van der Waals surface area (Å²) in [7, 11) is 3.02. The Bertz CT molecular complexity index is 977. The first kappa shape index (κ1) is 25.0. The Balaban J connectivity index is 1.32. The van der Waals surface area contributed by atoms with Gasteiger partial charge < -0.3 is 9.47 Å². The minimum absolute atomic E-state index is 0.0293. The fraction of sp³-hybridized carbons (Fsp3) is 0.571. The topological polar surface area (TPSA) is 18.5 Å². The minimum Gasteiger partial charge on any atom is -0.494 e. The molecule has 0 bridgehead atoms. The molecular weight excluding hydrogens is 444 g/mol. The summed E-state index contributed by atoms with van der Waals surface area (Å²) in [5.41, 5.74) is 1.32. The van der Waals surface area contributed by atoms with E-state index >= 15 is 0 Å². The molecule has 2 aliphatic carbocycles. The second kappa shape index (κ2) is 11.1. The molecule has 6 heteroatoms. The summed E-state index contributed by atoms with van der Waals surface area (Å²) in [5, 5.41) is 0. The van der Waals surface area contributed by atoms with Crippen LogP contribution in [0.5, 0.6) is 5.75 Å². The molecule has 0 aromatic heterocycles. The molecule has 2 aromatic rings. The van der Waals surface area contributed by atoms with E-state index in [1.165, 1.54) is 13.2 Å². The maximum absolute atomic E-state index is 14.9. The molecule has 0 heterocycles. The molecule has 0 aliphatic heterocycles. The molecule has 2 fully saturated rings. The number of rotatable bonds is 7. The molecule has 0 saturated heterocycles. The number of benzene rings is 2. The van der Waals surface area contributed by atoms with Gasteiger partial charge in [0.25, 0.3) is 0 Å². The predicted octanol–water partition coefficient (Wildman–Crippen LogP) is 7.83. The largest absolute Gasteiger partial charge is 0.494 e. The van der Waals surface area contributed by atoms with E-state index in [0.29, 0.717) is 29.0 Å². The first-order chi connectivity index (χ1) is 16.4. The lowest BCUT2D eigenvalue weighted by Crippen LogP contribution is -2.20. The Labute approximate surface area is 199 Å². The summed E-state index contributed by atoms with van der Waals surface area (Å²) in [6.45, 7) is 0. The van der Waals surface area contributed by atoms with Crippen molar-refractivity contribution in [3.05, 3.63) is 64.2 Å². The first-order valence-corrected chi connectivity index (χ1v) is 12.4. The molecule has 2 saturated carbocycles. The van der Waals surface area contributed by atoms with Crippen molar-refractivity contribution in [2.24, 2.45) is 5.92 Å². The normalized spacial score (nSPS) is 25.4. The molecule has 34 heavy (non-hydrogen) atoms. The van der Waals surface area contributed by atoms with Gasteiger partial charge in [-0.1, -0.05) is 18.2 Å². The lowest BCUT2D eigenvalue weighted by Gasteiger charge is -2.29. The van der Waals surface area contributed by atoms with Gasteiger partial charge in [-0.15, -0.1) is 0 Å². The van der Waals surface area contributed by atoms with Crippen LogP contribution in [0.1, 0.15) is 86.3 Å². The lowest BCUT2D eigenvalue weighted by molar-refractivity contribution is 0.0655. The molecule has 2 aliphatic rings. The minimum atomic E-state index is -0.935. The van der Waals surface area contributed by atoms with Crippen LogP contribution < -0.4 is 4.74 Å². The van der Waals surface area contributed by atoms with Gasteiger partial charge in [-0.05, 0) is 105 Å². The van der Waals surface area contributed by atoms with E-state index in [9.17, 15) is 17.6 Å². The van der Waals surface area contributed by atoms with E-state index in [-0.39, 0.29) is 23.7 Å². The molecule has 0 spiro atoms. The maximum Gasteiger partial charge on any atom is 0.200 e. The molecular formula is C28H34F4O2. The molecule has 0 unspecified atom stereocenters. The summed E-state index contributed by atoms with van der Waals surface area (Å²) in [4.78, 5) is 0. The van der Waals surface area contributed by atoms with Gasteiger partial charge in [0.1, 0.15) is 0 Å². The van der Waals surface area contributed by atoms with E-state index in [2.05, 4.69) is 0 Å². The van der Waals surface area contributed by atoms with Crippen molar-refractivity contribution in [3.8, 4) is 5.75 Å². The Kier molecular flexibility index (Phi) is 8.18. The van der Waals surface area contributed by atoms with Crippen LogP contribution in [-0.2, 0) is 11.2 Å². The van der Waals surface area contributed by atoms with E-state index in [4.69, 9.17) is 9.47 Å². The molecule has 0 N–H and O–H groups in total. The predicted molar refractivity (Wildman–Crippen MR) is 124 cm³/mol. The Hall–Kier alpha value is -2.08. The molecule has 4 rings (SSSR count). The average Bonchev–Trinajstić information content (AvgIpc) is 2.87. The van der Waals surface area contributed by atoms with Crippen LogP contribution in [0.4, 0.5) is 17.6 Å². The highest BCUT2D eigenvalue weighted by Gasteiger charge is 2.28. The number of ether oxygens (including phenoxy) is 2. The van der Waals surface area contributed by atoms with Gasteiger partial charge >= 0.3 is 0 Å². The third-order valence-corrected chi connectivity index (χ3v) is 8.04. The first-order valence-electron chi connectivity index (χ1n) is 12.4. The Morgan fingerprint density at radius 3 is 1.82 bits per heavy atom. The summed E-state index contributed by atoms with van der Waals surface area (Å²) < 4.78 is 68.5. The summed E-state index contributed by atoms with van der Waals surface area (Å²) in [6.07, 6.45) is 8.09. The molecule has 0 atom stereocenters. The van der Waals surface area contributed by atoms with Gasteiger partial charge in [-0.25, -0.2) is 13.2 Å². The fourth-order valence-corrected chi connectivity index (χ4v) is 5.86. The van der Waals surface area contributed by atoms with E-state index in [1.807, 2.05) is 0 Å². The molecule has 186 valence electrons. The lowest BCUT2D eigenvalue weighted by atomic mass is 9.76. The van der Waals surface area contributed by atoms with Crippen molar-refractivity contribution in [2.75, 3.05) is 14.2 Å². The maximum atomic E-state index is 14.9. The zero-order chi connectivity index (χ0) is 24.2. The van der Waals surface area contributed by atoms with Crippen molar-refractivity contribution in [1.82, 2.24) is 0 Å². The number of methoxy groups -OCH3 is 2. The summed E-state index contributed by atoms with van der Waals surface area (Å²) >= 11 is 0. The van der Waals surface area contributed by atoms with Crippen LogP contribution in [0, 0.1) is 29.2 Å². The van der Waals surface area contributed by atoms with Crippen LogP contribution in [-0.4, -0.2) is 20.3 Å². The SMILES string of the molecule is COc1ccc(C2CCC(CCc3ccc(C4CCC(OC)CC4)c(F)c3F)CC2)c(F)c1F. The van der Waals surface area contributed by atoms with Crippen LogP contribution in [0.25, 0.3) is 0 Å². The highest BCUT2D eigenvalue weighted by Crippen LogP contribution is 2.40. The molecule has 2 aromatic carbocycles. The zero-order valence-electron chi connectivity index (χ0n) is 20.0. The van der Waals surface area contributed by atoms with Crippen LogP contribution in [0.3, 0.4) is 0 Å². The van der Waals surface area contributed by atoms with E-state index in [0.717, 1.165) is 57.8 Å². The highest BCUT2D eigenvalue weighted by atomic mass is 19.2. The van der Waals surface area contributed by atoms with Crippen LogP contribution in [0.15, 0.2) is 24.3 Å². The average molecular weight is 479 g/mol. The van der Waals surface area contributed by atoms with Crippen molar-refractivity contribution < 1.29 is 27.0 Å². The number of halogens is 4. The van der Waals surface area contributed by atoms with Gasteiger partial charge in [0, 0.05) is 7.11 Å². The standard InChI is InChI=1S/C28H34F4O2/c1-33-21-12-9-19(10-13-21)22-14-11-20(25(29)26(22)30)8-5-17-3-6-18(7-4-17)23-15-16-24(34-2)28(32)27(23)31/h11,14-19,21H,3-10,12-13H2,1-2H3. The number of hydrogen-bond donors (Lipinski definition) is 0. The van der Waals surface area contributed by atoms with Gasteiger partial charge in [0.05, 0.1) is 13.2 Å². The zero-order valence-corrected chi connectivity index (χ0v) is 20.0. The van der Waals surface area contributed by atoms with Gasteiger partial charge in [-0.2, -0.15) is 4.39 Å². The van der Waals surface area contributed by atoms with Crippen molar-refractivity contribution in [2.45, 2.75) is 82.1 Å². The summed E-state index contributed by atoms with van der Waals surface area (Å²) in [6, 6.07) is 6.61. The number of aryl methyl sites for hydroxylation is 1. The van der Waals surface area contributed by atoms with E-state index < -0.39 is 23.3 Å². The fourth-order valence-electron chi connectivity index (χ4n) is 5.86. The van der Waals surface area contributed by atoms with E-state index in [1.54, 1.807) is 25.3 Å². The van der Waals surface area contributed by atoms with Gasteiger partial charge in [-0.3, -0.25) is 0 Å². The number of hydrogen-bond acceptors (Lipinski definition) is 2.